The quantitative estimate of drug-likeness (QED) is 0.460. The summed E-state index contributed by atoms with van der Waals surface area (Å²) in [6.07, 6.45) is 7.81. The molecule has 0 bridgehead atoms. The molecule has 1 aliphatic carbocycles. The zero-order valence-corrected chi connectivity index (χ0v) is 24.0. The Morgan fingerprint density at radius 3 is 2.33 bits per heavy atom. The second-order valence-electron chi connectivity index (χ2n) is 11.1. The lowest BCUT2D eigenvalue weighted by Crippen LogP contribution is -2.57. The Kier molecular flexibility index (Phi) is 10.1. The van der Waals surface area contributed by atoms with E-state index in [1.165, 1.54) is 6.42 Å². The Morgan fingerprint density at radius 1 is 0.975 bits per heavy atom. The number of ether oxygens (including phenoxy) is 2. The molecular weight excluding hydrogens is 506 g/mol. The molecular formula is C32H43N3O5. The Labute approximate surface area is 237 Å². The summed E-state index contributed by atoms with van der Waals surface area (Å²) in [5.74, 6) is 0.114. The number of primary amides is 1. The van der Waals surface area contributed by atoms with Crippen molar-refractivity contribution < 1.29 is 23.9 Å². The average Bonchev–Trinajstić information content (AvgIpc) is 2.97. The van der Waals surface area contributed by atoms with Gasteiger partial charge in [0.2, 0.25) is 17.7 Å². The van der Waals surface area contributed by atoms with Gasteiger partial charge in [0.1, 0.15) is 12.1 Å². The van der Waals surface area contributed by atoms with Crippen LogP contribution in [0.25, 0.3) is 0 Å². The number of amides is 3. The summed E-state index contributed by atoms with van der Waals surface area (Å²) in [5.41, 5.74) is 8.40. The predicted octanol–water partition coefficient (Wildman–Crippen LogP) is 4.27. The number of nitrogens with two attached hydrogens (primary N) is 1. The van der Waals surface area contributed by atoms with E-state index in [1.807, 2.05) is 49.4 Å². The molecule has 1 aliphatic heterocycles. The summed E-state index contributed by atoms with van der Waals surface area (Å²) in [6.45, 7) is 2.47. The van der Waals surface area contributed by atoms with Crippen LogP contribution < -0.4 is 20.5 Å². The van der Waals surface area contributed by atoms with Crippen LogP contribution in [0.4, 0.5) is 0 Å². The highest BCUT2D eigenvalue weighted by Crippen LogP contribution is 2.42. The molecule has 2 fully saturated rings. The molecule has 3 N–H and O–H groups in total. The molecule has 8 nitrogen and oxygen atoms in total. The van der Waals surface area contributed by atoms with Gasteiger partial charge in [0.05, 0.1) is 20.1 Å². The predicted molar refractivity (Wildman–Crippen MR) is 154 cm³/mol. The molecule has 1 saturated carbocycles. The van der Waals surface area contributed by atoms with Gasteiger partial charge in [0.25, 0.3) is 0 Å². The fraction of sp³-hybridized carbons (Fsp3) is 0.531. The molecule has 2 aromatic rings. The summed E-state index contributed by atoms with van der Waals surface area (Å²) >= 11 is 0. The molecule has 3 atom stereocenters. The van der Waals surface area contributed by atoms with Gasteiger partial charge in [0, 0.05) is 13.0 Å². The van der Waals surface area contributed by atoms with Crippen molar-refractivity contribution in [1.82, 2.24) is 10.2 Å². The molecule has 216 valence electrons. The highest BCUT2D eigenvalue weighted by atomic mass is 16.5. The van der Waals surface area contributed by atoms with E-state index in [9.17, 15) is 14.4 Å². The molecule has 8 heteroatoms. The van der Waals surface area contributed by atoms with Gasteiger partial charge in [-0.05, 0) is 67.7 Å². The van der Waals surface area contributed by atoms with Crippen LogP contribution in [0.2, 0.25) is 0 Å². The van der Waals surface area contributed by atoms with Gasteiger partial charge in [-0.3, -0.25) is 14.4 Å². The van der Waals surface area contributed by atoms with E-state index in [2.05, 4.69) is 5.32 Å². The molecule has 2 aliphatic rings. The number of piperidine rings is 1. The van der Waals surface area contributed by atoms with Gasteiger partial charge in [-0.1, -0.05) is 55.7 Å². The van der Waals surface area contributed by atoms with Crippen molar-refractivity contribution in [3.63, 3.8) is 0 Å². The molecule has 0 radical (unpaired) electrons. The number of carbonyl (C=O) groups excluding carboxylic acids is 3. The van der Waals surface area contributed by atoms with E-state index in [0.29, 0.717) is 30.9 Å². The van der Waals surface area contributed by atoms with Gasteiger partial charge in [-0.25, -0.2) is 0 Å². The van der Waals surface area contributed by atoms with Gasteiger partial charge < -0.3 is 25.4 Å². The van der Waals surface area contributed by atoms with Gasteiger partial charge in [-0.2, -0.15) is 0 Å². The highest BCUT2D eigenvalue weighted by Gasteiger charge is 2.40. The smallest absolute Gasteiger partial charge is 0.243 e. The molecule has 2 aromatic carbocycles. The van der Waals surface area contributed by atoms with E-state index < -0.39 is 18.0 Å². The monoisotopic (exact) mass is 549 g/mol. The summed E-state index contributed by atoms with van der Waals surface area (Å²) in [6, 6.07) is 11.9. The normalized spacial score (nSPS) is 19.4. The minimum Gasteiger partial charge on any atom is -0.493 e. The first-order valence-electron chi connectivity index (χ1n) is 14.5. The molecule has 3 amide bonds. The van der Waals surface area contributed by atoms with Crippen LogP contribution in [0, 0.1) is 12.8 Å². The van der Waals surface area contributed by atoms with Crippen LogP contribution in [-0.2, 0) is 20.8 Å². The zero-order valence-electron chi connectivity index (χ0n) is 24.0. The lowest BCUT2D eigenvalue weighted by Gasteiger charge is -2.40. The average molecular weight is 550 g/mol. The number of hydrogen-bond acceptors (Lipinski definition) is 5. The number of nitrogens with one attached hydrogen (secondary N) is 1. The van der Waals surface area contributed by atoms with E-state index in [1.54, 1.807) is 19.1 Å². The number of carbonyl (C=O) groups is 3. The maximum absolute atomic E-state index is 14.5. The number of methoxy groups -OCH3 is 2. The number of aryl methyl sites for hydroxylation is 1. The minimum absolute atomic E-state index is 0.0305. The van der Waals surface area contributed by atoms with Crippen LogP contribution in [-0.4, -0.2) is 55.5 Å². The SMILES string of the molecule is COc1cc([C@@H](C(=O)N2CCCC[C@H]2C(=O)N[C@H](Cc2ccccc2)C(N)=O)C2CCCCC2)cc(C)c1OC. The summed E-state index contributed by atoms with van der Waals surface area (Å²) in [5, 5.41) is 2.88. The minimum atomic E-state index is -0.851. The van der Waals surface area contributed by atoms with Crippen molar-refractivity contribution in [3.8, 4) is 11.5 Å². The number of nitrogens with zero attached hydrogens (tertiary/aromatic N) is 1. The van der Waals surface area contributed by atoms with Crippen molar-refractivity contribution in [2.24, 2.45) is 11.7 Å². The topological polar surface area (TPSA) is 111 Å². The molecule has 0 aromatic heterocycles. The third-order valence-electron chi connectivity index (χ3n) is 8.46. The van der Waals surface area contributed by atoms with E-state index in [4.69, 9.17) is 15.2 Å². The summed E-state index contributed by atoms with van der Waals surface area (Å²) < 4.78 is 11.2. The number of likely N-dealkylation sites (tertiary alicyclic amines) is 1. The first-order chi connectivity index (χ1) is 19.3. The zero-order chi connectivity index (χ0) is 28.6. The first kappa shape index (κ1) is 29.4. The van der Waals surface area contributed by atoms with Crippen LogP contribution in [0.5, 0.6) is 11.5 Å². The number of hydrogen-bond donors (Lipinski definition) is 2. The second-order valence-corrected chi connectivity index (χ2v) is 11.1. The maximum Gasteiger partial charge on any atom is 0.243 e. The Bertz CT molecular complexity index is 1180. The van der Waals surface area contributed by atoms with Crippen LogP contribution in [0.1, 0.15) is 74.0 Å². The summed E-state index contributed by atoms with van der Waals surface area (Å²) in [7, 11) is 3.22. The maximum atomic E-state index is 14.5. The largest absolute Gasteiger partial charge is 0.493 e. The van der Waals surface area contributed by atoms with Crippen LogP contribution >= 0.6 is 0 Å². The van der Waals surface area contributed by atoms with Gasteiger partial charge in [-0.15, -0.1) is 0 Å². The van der Waals surface area contributed by atoms with Gasteiger partial charge >= 0.3 is 0 Å². The van der Waals surface area contributed by atoms with Crippen molar-refractivity contribution >= 4 is 17.7 Å². The molecule has 4 rings (SSSR count). The van der Waals surface area contributed by atoms with Crippen molar-refractivity contribution in [2.75, 3.05) is 20.8 Å². The number of benzene rings is 2. The van der Waals surface area contributed by atoms with E-state index >= 15 is 0 Å². The van der Waals surface area contributed by atoms with E-state index in [0.717, 1.165) is 55.2 Å². The standard InChI is InChI=1S/C32H43N3O5/c1-21-18-24(20-27(39-2)29(21)40-3)28(23-14-8-5-9-15-23)32(38)35-17-11-10-16-26(35)31(37)34-25(30(33)36)19-22-12-6-4-7-13-22/h4,6-7,12-13,18,20,23,25-26,28H,5,8-11,14-17,19H2,1-3H3,(H2,33,36)(H,34,37)/t25-,26+,28+/m1/s1. The Hall–Kier alpha value is -3.55. The van der Waals surface area contributed by atoms with E-state index in [-0.39, 0.29) is 23.7 Å². The molecule has 0 unspecified atom stereocenters. The molecule has 0 spiro atoms. The van der Waals surface area contributed by atoms with Crippen molar-refractivity contribution in [2.45, 2.75) is 82.7 Å². The second kappa shape index (κ2) is 13.7. The first-order valence-corrected chi connectivity index (χ1v) is 14.5. The van der Waals surface area contributed by atoms with Gasteiger partial charge in [0.15, 0.2) is 11.5 Å². The van der Waals surface area contributed by atoms with Crippen molar-refractivity contribution in [3.05, 3.63) is 59.2 Å². The molecule has 40 heavy (non-hydrogen) atoms. The van der Waals surface area contributed by atoms with Crippen LogP contribution in [0.3, 0.4) is 0 Å². The number of rotatable bonds is 10. The molecule has 1 saturated heterocycles. The molecule has 1 heterocycles. The highest BCUT2D eigenvalue weighted by molar-refractivity contribution is 5.93. The third-order valence-corrected chi connectivity index (χ3v) is 8.46. The lowest BCUT2D eigenvalue weighted by atomic mass is 9.75. The Balaban J connectivity index is 1.62. The lowest BCUT2D eigenvalue weighted by molar-refractivity contribution is -0.145. The summed E-state index contributed by atoms with van der Waals surface area (Å²) in [4.78, 5) is 42.2. The Morgan fingerprint density at radius 2 is 1.68 bits per heavy atom. The van der Waals surface area contributed by atoms with Crippen LogP contribution in [0.15, 0.2) is 42.5 Å². The fourth-order valence-corrected chi connectivity index (χ4v) is 6.43. The fourth-order valence-electron chi connectivity index (χ4n) is 6.43. The van der Waals surface area contributed by atoms with Crippen molar-refractivity contribution in [1.29, 1.82) is 0 Å². The third kappa shape index (κ3) is 6.77.